The smallest absolute Gasteiger partial charge is 0.230 e. The Morgan fingerprint density at radius 3 is 2.79 bits per heavy atom. The molecule has 0 aliphatic heterocycles. The number of nitrogens with two attached hydrogens (primary N) is 1. The van der Waals surface area contributed by atoms with Crippen LogP contribution in [-0.2, 0) is 0 Å². The molecule has 0 amide bonds. The highest BCUT2D eigenvalue weighted by atomic mass is 35.5. The third kappa shape index (κ3) is 1.88. The molecule has 2 N–H and O–H groups in total. The normalized spacial score (nSPS) is 10.8. The fourth-order valence-electron chi connectivity index (χ4n) is 1.84. The van der Waals surface area contributed by atoms with Gasteiger partial charge in [0.15, 0.2) is 11.5 Å². The van der Waals surface area contributed by atoms with Crippen LogP contribution in [0.4, 0.5) is 10.3 Å². The van der Waals surface area contributed by atoms with Gasteiger partial charge in [-0.3, -0.25) is 0 Å². The molecular formula is C13H8ClFN2O2. The summed E-state index contributed by atoms with van der Waals surface area (Å²) in [5.74, 6) is -0.130. The fraction of sp³-hybridized carbons (Fsp3) is 0. The number of halogens is 2. The second-order valence-electron chi connectivity index (χ2n) is 3.85. The number of nitrogens with zero attached hydrogens (tertiary/aromatic N) is 1. The maximum Gasteiger partial charge on any atom is 0.230 e. The molecule has 1 aromatic carbocycles. The first-order chi connectivity index (χ1) is 9.18. The summed E-state index contributed by atoms with van der Waals surface area (Å²) in [5.41, 5.74) is 6.60. The summed E-state index contributed by atoms with van der Waals surface area (Å²) >= 11 is 5.77. The van der Waals surface area contributed by atoms with E-state index in [1.165, 1.54) is 12.3 Å². The fourth-order valence-corrected chi connectivity index (χ4v) is 2.02. The molecule has 0 spiro atoms. The minimum absolute atomic E-state index is 0.00324. The monoisotopic (exact) mass is 278 g/mol. The van der Waals surface area contributed by atoms with Gasteiger partial charge in [0.1, 0.15) is 5.82 Å². The van der Waals surface area contributed by atoms with Crippen LogP contribution in [0.25, 0.3) is 22.6 Å². The summed E-state index contributed by atoms with van der Waals surface area (Å²) in [6.45, 7) is 0. The van der Waals surface area contributed by atoms with Crippen molar-refractivity contribution in [1.82, 2.24) is 5.16 Å². The number of rotatable bonds is 2. The molecule has 4 nitrogen and oxygen atoms in total. The molecule has 0 bridgehead atoms. The predicted octanol–water partition coefficient (Wildman–Crippen LogP) is 3.98. The lowest BCUT2D eigenvalue weighted by atomic mass is 10.0. The number of aromatic nitrogens is 1. The molecule has 3 aromatic rings. The maximum atomic E-state index is 14.1. The summed E-state index contributed by atoms with van der Waals surface area (Å²) < 4.78 is 24.2. The van der Waals surface area contributed by atoms with Crippen LogP contribution in [0.1, 0.15) is 0 Å². The van der Waals surface area contributed by atoms with E-state index in [1.54, 1.807) is 24.3 Å². The lowest BCUT2D eigenvalue weighted by molar-refractivity contribution is 0.436. The standard InChI is InChI=1S/C13H8ClFN2O2/c14-8-4-1-3-7(11(8)15)10-12(17-19-13(10)16)9-5-2-6-18-9/h1-6H,16H2. The van der Waals surface area contributed by atoms with Crippen LogP contribution < -0.4 is 5.73 Å². The van der Waals surface area contributed by atoms with E-state index in [0.717, 1.165) is 0 Å². The Bertz CT molecular complexity index is 722. The van der Waals surface area contributed by atoms with Crippen LogP contribution in [0.2, 0.25) is 5.02 Å². The number of benzene rings is 1. The summed E-state index contributed by atoms with van der Waals surface area (Å²) in [6, 6.07) is 8.01. The lowest BCUT2D eigenvalue weighted by Gasteiger charge is -2.03. The van der Waals surface area contributed by atoms with Crippen molar-refractivity contribution in [2.24, 2.45) is 0 Å². The van der Waals surface area contributed by atoms with Gasteiger partial charge in [-0.25, -0.2) is 4.39 Å². The van der Waals surface area contributed by atoms with Crippen LogP contribution in [0.15, 0.2) is 45.5 Å². The highest BCUT2D eigenvalue weighted by Gasteiger charge is 2.22. The molecule has 0 radical (unpaired) electrons. The summed E-state index contributed by atoms with van der Waals surface area (Å²) in [7, 11) is 0. The number of anilines is 1. The van der Waals surface area contributed by atoms with Crippen LogP contribution in [0, 0.1) is 5.82 Å². The molecule has 0 unspecified atom stereocenters. The van der Waals surface area contributed by atoms with Gasteiger partial charge in [-0.2, -0.15) is 0 Å². The second-order valence-corrected chi connectivity index (χ2v) is 4.26. The molecule has 0 saturated heterocycles. The Kier molecular flexibility index (Phi) is 2.76. The molecule has 0 fully saturated rings. The molecule has 2 heterocycles. The van der Waals surface area contributed by atoms with Crippen LogP contribution >= 0.6 is 11.6 Å². The average molecular weight is 279 g/mol. The van der Waals surface area contributed by atoms with E-state index < -0.39 is 5.82 Å². The predicted molar refractivity (Wildman–Crippen MR) is 69.0 cm³/mol. The van der Waals surface area contributed by atoms with E-state index in [4.69, 9.17) is 26.3 Å². The van der Waals surface area contributed by atoms with Gasteiger partial charge in [-0.05, 0) is 18.2 Å². The minimum atomic E-state index is -0.577. The SMILES string of the molecule is Nc1onc(-c2ccco2)c1-c1cccc(Cl)c1F. The van der Waals surface area contributed by atoms with Crippen molar-refractivity contribution in [2.45, 2.75) is 0 Å². The van der Waals surface area contributed by atoms with E-state index in [0.29, 0.717) is 17.0 Å². The molecule has 3 rings (SSSR count). The number of hydrogen-bond acceptors (Lipinski definition) is 4. The lowest BCUT2D eigenvalue weighted by Crippen LogP contribution is -1.91. The Balaban J connectivity index is 2.26. The second kappa shape index (κ2) is 4.44. The molecule has 0 aliphatic carbocycles. The van der Waals surface area contributed by atoms with Crippen LogP contribution in [0.3, 0.4) is 0 Å². The third-order valence-corrected chi connectivity index (χ3v) is 2.99. The molecule has 0 atom stereocenters. The van der Waals surface area contributed by atoms with Gasteiger partial charge >= 0.3 is 0 Å². The van der Waals surface area contributed by atoms with Gasteiger partial charge in [0, 0.05) is 5.56 Å². The topological polar surface area (TPSA) is 65.2 Å². The first-order valence-electron chi connectivity index (χ1n) is 5.42. The molecule has 96 valence electrons. The van der Waals surface area contributed by atoms with Crippen molar-refractivity contribution in [3.05, 3.63) is 47.4 Å². The highest BCUT2D eigenvalue weighted by molar-refractivity contribution is 6.31. The van der Waals surface area contributed by atoms with Gasteiger partial charge in [0.2, 0.25) is 5.88 Å². The van der Waals surface area contributed by atoms with E-state index >= 15 is 0 Å². The highest BCUT2D eigenvalue weighted by Crippen LogP contribution is 2.38. The van der Waals surface area contributed by atoms with E-state index in [2.05, 4.69) is 5.16 Å². The first kappa shape index (κ1) is 11.8. The summed E-state index contributed by atoms with van der Waals surface area (Å²) in [4.78, 5) is 0. The van der Waals surface area contributed by atoms with Crippen molar-refractivity contribution < 1.29 is 13.3 Å². The molecule has 0 aliphatic rings. The van der Waals surface area contributed by atoms with Gasteiger partial charge in [-0.15, -0.1) is 0 Å². The third-order valence-electron chi connectivity index (χ3n) is 2.69. The maximum absolute atomic E-state index is 14.1. The van der Waals surface area contributed by atoms with Crippen molar-refractivity contribution in [3.8, 4) is 22.6 Å². The quantitative estimate of drug-likeness (QED) is 0.770. The zero-order valence-electron chi connectivity index (χ0n) is 9.56. The molecular weight excluding hydrogens is 271 g/mol. The zero-order chi connectivity index (χ0) is 13.4. The molecule has 19 heavy (non-hydrogen) atoms. The van der Waals surface area contributed by atoms with Crippen molar-refractivity contribution in [2.75, 3.05) is 5.73 Å². The zero-order valence-corrected chi connectivity index (χ0v) is 10.3. The average Bonchev–Trinajstić information content (AvgIpc) is 3.02. The number of nitrogen functional groups attached to an aromatic ring is 1. The van der Waals surface area contributed by atoms with E-state index in [1.807, 2.05) is 0 Å². The Labute approximate surface area is 112 Å². The summed E-state index contributed by atoms with van der Waals surface area (Å²) in [6.07, 6.45) is 1.48. The van der Waals surface area contributed by atoms with E-state index in [9.17, 15) is 4.39 Å². The largest absolute Gasteiger partial charge is 0.463 e. The van der Waals surface area contributed by atoms with Gasteiger partial charge < -0.3 is 14.7 Å². The van der Waals surface area contributed by atoms with Crippen LogP contribution in [-0.4, -0.2) is 5.16 Å². The van der Waals surface area contributed by atoms with Gasteiger partial charge in [-0.1, -0.05) is 28.9 Å². The van der Waals surface area contributed by atoms with E-state index in [-0.39, 0.29) is 16.5 Å². The first-order valence-corrected chi connectivity index (χ1v) is 5.79. The Morgan fingerprint density at radius 2 is 2.05 bits per heavy atom. The van der Waals surface area contributed by atoms with Gasteiger partial charge in [0.25, 0.3) is 0 Å². The van der Waals surface area contributed by atoms with Crippen LogP contribution in [0.5, 0.6) is 0 Å². The number of hydrogen-bond donors (Lipinski definition) is 1. The molecule has 2 aromatic heterocycles. The van der Waals surface area contributed by atoms with Crippen molar-refractivity contribution >= 4 is 17.5 Å². The minimum Gasteiger partial charge on any atom is -0.463 e. The number of furan rings is 1. The van der Waals surface area contributed by atoms with Gasteiger partial charge in [0.05, 0.1) is 16.8 Å². The Morgan fingerprint density at radius 1 is 1.21 bits per heavy atom. The summed E-state index contributed by atoms with van der Waals surface area (Å²) in [5, 5.41) is 3.81. The van der Waals surface area contributed by atoms with Crippen molar-refractivity contribution in [3.63, 3.8) is 0 Å². The molecule has 6 heteroatoms. The van der Waals surface area contributed by atoms with Crippen molar-refractivity contribution in [1.29, 1.82) is 0 Å². The Hall–Kier alpha value is -2.27. The molecule has 0 saturated carbocycles.